The van der Waals surface area contributed by atoms with Crippen molar-refractivity contribution in [1.29, 1.82) is 0 Å². The fourth-order valence-corrected chi connectivity index (χ4v) is 3.87. The minimum atomic E-state index is 0.213. The van der Waals surface area contributed by atoms with Crippen molar-refractivity contribution in [2.45, 2.75) is 52.0 Å². The van der Waals surface area contributed by atoms with E-state index in [9.17, 15) is 4.79 Å². The Hall–Kier alpha value is -1.56. The van der Waals surface area contributed by atoms with E-state index >= 15 is 0 Å². The molecule has 1 aliphatic rings. The number of aliphatic imine (C=N–C) groups is 1. The first-order valence-electron chi connectivity index (χ1n) is 9.02. The van der Waals surface area contributed by atoms with Crippen LogP contribution in [-0.4, -0.2) is 32.0 Å². The van der Waals surface area contributed by atoms with Gasteiger partial charge < -0.3 is 16.0 Å². The average Bonchev–Trinajstić information content (AvgIpc) is 3.09. The van der Waals surface area contributed by atoms with Crippen molar-refractivity contribution in [3.63, 3.8) is 0 Å². The molecule has 1 heterocycles. The van der Waals surface area contributed by atoms with Crippen LogP contribution in [-0.2, 0) is 17.8 Å². The molecule has 1 aromatic heterocycles. The van der Waals surface area contributed by atoms with Crippen LogP contribution in [0.3, 0.4) is 0 Å². The van der Waals surface area contributed by atoms with Crippen molar-refractivity contribution in [3.05, 3.63) is 21.9 Å². The molecular weight excluding hydrogens is 320 g/mol. The Balaban J connectivity index is 1.61. The molecular formula is C18H30N4OS. The number of nitrogens with one attached hydrogen (secondary N) is 3. The zero-order valence-corrected chi connectivity index (χ0v) is 15.7. The van der Waals surface area contributed by atoms with Gasteiger partial charge in [-0.2, -0.15) is 0 Å². The molecule has 0 spiro atoms. The average molecular weight is 351 g/mol. The zero-order chi connectivity index (χ0) is 17.2. The van der Waals surface area contributed by atoms with Gasteiger partial charge in [-0.05, 0) is 31.4 Å². The third kappa shape index (κ3) is 6.15. The fraction of sp³-hybridized carbons (Fsp3) is 0.667. The number of rotatable bonds is 7. The summed E-state index contributed by atoms with van der Waals surface area (Å²) in [7, 11) is 1.77. The molecule has 2 rings (SSSR count). The van der Waals surface area contributed by atoms with E-state index in [0.717, 1.165) is 31.8 Å². The van der Waals surface area contributed by atoms with Gasteiger partial charge in [-0.1, -0.05) is 26.2 Å². The van der Waals surface area contributed by atoms with Crippen molar-refractivity contribution >= 4 is 23.2 Å². The summed E-state index contributed by atoms with van der Waals surface area (Å²) >= 11 is 1.83. The van der Waals surface area contributed by atoms with Crippen LogP contribution in [0.1, 0.15) is 48.8 Å². The molecule has 1 fully saturated rings. The number of thiophene rings is 1. The molecule has 0 atom stereocenters. The molecule has 0 radical (unpaired) electrons. The van der Waals surface area contributed by atoms with Crippen molar-refractivity contribution in [2.24, 2.45) is 10.9 Å². The Morgan fingerprint density at radius 1 is 1.12 bits per heavy atom. The Kier molecular flexibility index (Phi) is 8.08. The molecule has 1 aromatic rings. The van der Waals surface area contributed by atoms with E-state index in [-0.39, 0.29) is 11.8 Å². The van der Waals surface area contributed by atoms with E-state index in [1.165, 1.54) is 29.0 Å². The molecule has 0 aromatic carbocycles. The summed E-state index contributed by atoms with van der Waals surface area (Å²) < 4.78 is 0. The van der Waals surface area contributed by atoms with Crippen LogP contribution in [0.4, 0.5) is 0 Å². The SMILES string of the molecule is CCc1ccc(CNC(=NC)NCCNC(=O)C2CCCCC2)s1. The smallest absolute Gasteiger partial charge is 0.223 e. The van der Waals surface area contributed by atoms with Crippen LogP contribution >= 0.6 is 11.3 Å². The lowest BCUT2D eigenvalue weighted by Gasteiger charge is -2.20. The lowest BCUT2D eigenvalue weighted by molar-refractivity contribution is -0.125. The van der Waals surface area contributed by atoms with Crippen molar-refractivity contribution in [3.8, 4) is 0 Å². The normalized spacial score (nSPS) is 16.0. The standard InChI is InChI=1S/C18H30N4OS/c1-3-15-9-10-16(24-15)13-22-18(19-2)21-12-11-20-17(23)14-7-5-4-6-8-14/h9-10,14H,3-8,11-13H2,1-2H3,(H,20,23)(H2,19,21,22). The molecule has 0 saturated heterocycles. The highest BCUT2D eigenvalue weighted by Gasteiger charge is 2.20. The van der Waals surface area contributed by atoms with Gasteiger partial charge in [-0.15, -0.1) is 11.3 Å². The van der Waals surface area contributed by atoms with E-state index in [0.29, 0.717) is 13.1 Å². The largest absolute Gasteiger partial charge is 0.355 e. The molecule has 0 bridgehead atoms. The van der Waals surface area contributed by atoms with Gasteiger partial charge >= 0.3 is 0 Å². The van der Waals surface area contributed by atoms with Gasteiger partial charge in [0.25, 0.3) is 0 Å². The van der Waals surface area contributed by atoms with Crippen molar-refractivity contribution in [2.75, 3.05) is 20.1 Å². The van der Waals surface area contributed by atoms with E-state index < -0.39 is 0 Å². The highest BCUT2D eigenvalue weighted by Crippen LogP contribution is 2.23. The lowest BCUT2D eigenvalue weighted by Crippen LogP contribution is -2.42. The topological polar surface area (TPSA) is 65.5 Å². The Morgan fingerprint density at radius 2 is 1.83 bits per heavy atom. The summed E-state index contributed by atoms with van der Waals surface area (Å²) in [5.74, 6) is 1.21. The molecule has 24 heavy (non-hydrogen) atoms. The summed E-state index contributed by atoms with van der Waals surface area (Å²) in [5, 5.41) is 9.59. The van der Waals surface area contributed by atoms with Gasteiger partial charge in [0, 0.05) is 35.8 Å². The van der Waals surface area contributed by atoms with Crippen molar-refractivity contribution in [1.82, 2.24) is 16.0 Å². The van der Waals surface area contributed by atoms with Crippen LogP contribution in [0.5, 0.6) is 0 Å². The summed E-state index contributed by atoms with van der Waals surface area (Å²) in [5.41, 5.74) is 0. The zero-order valence-electron chi connectivity index (χ0n) is 14.9. The van der Waals surface area contributed by atoms with Crippen LogP contribution in [0, 0.1) is 5.92 Å². The number of aryl methyl sites for hydroxylation is 1. The van der Waals surface area contributed by atoms with Crippen LogP contribution in [0.25, 0.3) is 0 Å². The van der Waals surface area contributed by atoms with E-state index in [4.69, 9.17) is 0 Å². The lowest BCUT2D eigenvalue weighted by atomic mass is 9.89. The summed E-state index contributed by atoms with van der Waals surface area (Å²) in [4.78, 5) is 19.0. The van der Waals surface area contributed by atoms with Crippen LogP contribution in [0.15, 0.2) is 17.1 Å². The van der Waals surface area contributed by atoms with Gasteiger partial charge in [0.05, 0.1) is 6.54 Å². The third-order valence-electron chi connectivity index (χ3n) is 4.41. The molecule has 134 valence electrons. The second-order valence-electron chi connectivity index (χ2n) is 6.20. The molecule has 1 amide bonds. The molecule has 1 saturated carbocycles. The number of carbonyl (C=O) groups is 1. The summed E-state index contributed by atoms with van der Waals surface area (Å²) in [6.07, 6.45) is 6.83. The molecule has 1 aliphatic carbocycles. The number of nitrogens with zero attached hydrogens (tertiary/aromatic N) is 1. The van der Waals surface area contributed by atoms with E-state index in [1.54, 1.807) is 7.05 Å². The number of hydrogen-bond acceptors (Lipinski definition) is 3. The minimum Gasteiger partial charge on any atom is -0.355 e. The third-order valence-corrected chi connectivity index (χ3v) is 5.64. The number of amides is 1. The Morgan fingerprint density at radius 3 is 2.50 bits per heavy atom. The fourth-order valence-electron chi connectivity index (χ4n) is 2.97. The second-order valence-corrected chi connectivity index (χ2v) is 7.45. The second kappa shape index (κ2) is 10.3. The molecule has 3 N–H and O–H groups in total. The first kappa shape index (κ1) is 18.8. The quantitative estimate of drug-likeness (QED) is 0.402. The van der Waals surface area contributed by atoms with E-state index in [2.05, 4.69) is 40.0 Å². The Bertz CT molecular complexity index is 535. The van der Waals surface area contributed by atoms with Crippen LogP contribution < -0.4 is 16.0 Å². The predicted molar refractivity (Wildman–Crippen MR) is 101 cm³/mol. The molecule has 6 heteroatoms. The van der Waals surface area contributed by atoms with Gasteiger partial charge in [0.1, 0.15) is 0 Å². The molecule has 0 unspecified atom stereocenters. The Labute approximate surface area is 149 Å². The number of guanidine groups is 1. The highest BCUT2D eigenvalue weighted by molar-refractivity contribution is 7.11. The first-order valence-corrected chi connectivity index (χ1v) is 9.84. The van der Waals surface area contributed by atoms with Gasteiger partial charge in [-0.3, -0.25) is 9.79 Å². The first-order chi connectivity index (χ1) is 11.7. The van der Waals surface area contributed by atoms with Gasteiger partial charge in [0.15, 0.2) is 5.96 Å². The van der Waals surface area contributed by atoms with Gasteiger partial charge in [0.2, 0.25) is 5.91 Å². The minimum absolute atomic E-state index is 0.213. The predicted octanol–water partition coefficient (Wildman–Crippen LogP) is 2.67. The van der Waals surface area contributed by atoms with E-state index in [1.807, 2.05) is 11.3 Å². The summed E-state index contributed by atoms with van der Waals surface area (Å²) in [6, 6.07) is 4.34. The maximum Gasteiger partial charge on any atom is 0.223 e. The number of hydrogen-bond donors (Lipinski definition) is 3. The number of carbonyl (C=O) groups excluding carboxylic acids is 1. The van der Waals surface area contributed by atoms with Crippen LogP contribution in [0.2, 0.25) is 0 Å². The molecule has 5 nitrogen and oxygen atoms in total. The monoisotopic (exact) mass is 350 g/mol. The van der Waals surface area contributed by atoms with Gasteiger partial charge in [-0.25, -0.2) is 0 Å². The summed E-state index contributed by atoms with van der Waals surface area (Å²) in [6.45, 7) is 4.27. The highest BCUT2D eigenvalue weighted by atomic mass is 32.1. The maximum absolute atomic E-state index is 12.1. The molecule has 0 aliphatic heterocycles. The maximum atomic E-state index is 12.1. The van der Waals surface area contributed by atoms with Crippen molar-refractivity contribution < 1.29 is 4.79 Å².